The first kappa shape index (κ1) is 14.7. The third kappa shape index (κ3) is 3.03. The second-order valence-electron chi connectivity index (χ2n) is 4.90. The van der Waals surface area contributed by atoms with Crippen LogP contribution in [0.1, 0.15) is 5.56 Å². The average molecular weight is 316 g/mol. The summed E-state index contributed by atoms with van der Waals surface area (Å²) in [6, 6.07) is 4.57. The zero-order valence-corrected chi connectivity index (χ0v) is 11.9. The Balaban J connectivity index is 1.67. The molecular formula is C14H13FN6O2. The number of fused-ring (bicyclic) bond motifs is 1. The standard InChI is InChI=1S/C14H13FN6O2/c15-9-1-2-10-8(6-18-11(10)5-9)3-4-17-14-19-7-12(21(22)23)13(16)20-14/h1-2,5-7,18H,3-4H2,(H3,16,17,19,20). The Hall–Kier alpha value is -3.23. The summed E-state index contributed by atoms with van der Waals surface area (Å²) in [6.45, 7) is 0.502. The number of rotatable bonds is 5. The molecule has 0 spiro atoms. The molecule has 3 rings (SSSR count). The van der Waals surface area contributed by atoms with Gasteiger partial charge in [-0.3, -0.25) is 10.1 Å². The fourth-order valence-corrected chi connectivity index (χ4v) is 2.29. The van der Waals surface area contributed by atoms with Crippen molar-refractivity contribution in [2.75, 3.05) is 17.6 Å². The maximum absolute atomic E-state index is 13.1. The predicted octanol–water partition coefficient (Wildman–Crippen LogP) is 2.24. The molecule has 0 aliphatic carbocycles. The number of aromatic amines is 1. The van der Waals surface area contributed by atoms with Crippen molar-refractivity contribution < 1.29 is 9.31 Å². The Morgan fingerprint density at radius 3 is 3.00 bits per heavy atom. The van der Waals surface area contributed by atoms with Gasteiger partial charge in [-0.15, -0.1) is 0 Å². The van der Waals surface area contributed by atoms with E-state index in [1.54, 1.807) is 6.07 Å². The maximum atomic E-state index is 13.1. The van der Waals surface area contributed by atoms with Crippen molar-refractivity contribution >= 4 is 28.4 Å². The second kappa shape index (κ2) is 5.87. The summed E-state index contributed by atoms with van der Waals surface area (Å²) >= 11 is 0. The molecule has 0 bridgehead atoms. The second-order valence-corrected chi connectivity index (χ2v) is 4.90. The van der Waals surface area contributed by atoms with Gasteiger partial charge in [0, 0.05) is 23.6 Å². The zero-order valence-electron chi connectivity index (χ0n) is 11.9. The Morgan fingerprint density at radius 2 is 2.26 bits per heavy atom. The molecular weight excluding hydrogens is 303 g/mol. The number of aromatic nitrogens is 3. The lowest BCUT2D eigenvalue weighted by Crippen LogP contribution is -2.09. The molecule has 0 saturated heterocycles. The van der Waals surface area contributed by atoms with Gasteiger partial charge in [0.15, 0.2) is 0 Å². The van der Waals surface area contributed by atoms with Gasteiger partial charge in [0.1, 0.15) is 12.0 Å². The summed E-state index contributed by atoms with van der Waals surface area (Å²) in [4.78, 5) is 20.7. The SMILES string of the molecule is Nc1nc(NCCc2c[nH]c3cc(F)ccc23)ncc1[N+](=O)[O-]. The molecule has 118 valence electrons. The van der Waals surface area contributed by atoms with E-state index in [2.05, 4.69) is 20.3 Å². The number of nitrogen functional groups attached to an aromatic ring is 1. The van der Waals surface area contributed by atoms with Crippen LogP contribution < -0.4 is 11.1 Å². The molecule has 0 amide bonds. The molecule has 1 aromatic carbocycles. The molecule has 0 radical (unpaired) electrons. The van der Waals surface area contributed by atoms with Gasteiger partial charge >= 0.3 is 5.69 Å². The molecule has 0 aliphatic heterocycles. The molecule has 2 heterocycles. The van der Waals surface area contributed by atoms with Crippen molar-refractivity contribution in [1.29, 1.82) is 0 Å². The van der Waals surface area contributed by atoms with E-state index >= 15 is 0 Å². The summed E-state index contributed by atoms with van der Waals surface area (Å²) < 4.78 is 13.1. The number of hydrogen-bond acceptors (Lipinski definition) is 6. The molecule has 0 aliphatic rings. The minimum absolute atomic E-state index is 0.185. The first-order valence-corrected chi connectivity index (χ1v) is 6.81. The highest BCUT2D eigenvalue weighted by Crippen LogP contribution is 2.20. The summed E-state index contributed by atoms with van der Waals surface area (Å²) in [5, 5.41) is 14.5. The van der Waals surface area contributed by atoms with Gasteiger partial charge in [0.05, 0.1) is 4.92 Å². The van der Waals surface area contributed by atoms with Gasteiger partial charge in [-0.05, 0) is 30.2 Å². The number of nitrogens with zero attached hydrogens (tertiary/aromatic N) is 3. The Kier molecular flexibility index (Phi) is 3.75. The van der Waals surface area contributed by atoms with Crippen LogP contribution in [0.15, 0.2) is 30.6 Å². The summed E-state index contributed by atoms with van der Waals surface area (Å²) in [6.07, 6.45) is 3.53. The summed E-state index contributed by atoms with van der Waals surface area (Å²) in [5.74, 6) is -0.257. The van der Waals surface area contributed by atoms with E-state index in [0.717, 1.165) is 22.7 Å². The van der Waals surface area contributed by atoms with Crippen LogP contribution in [0, 0.1) is 15.9 Å². The predicted molar refractivity (Wildman–Crippen MR) is 83.5 cm³/mol. The normalized spacial score (nSPS) is 10.8. The van der Waals surface area contributed by atoms with Crippen LogP contribution in [-0.4, -0.2) is 26.4 Å². The third-order valence-corrected chi connectivity index (χ3v) is 3.40. The largest absolute Gasteiger partial charge is 0.378 e. The zero-order chi connectivity index (χ0) is 16.4. The molecule has 0 saturated carbocycles. The minimum Gasteiger partial charge on any atom is -0.378 e. The van der Waals surface area contributed by atoms with Crippen molar-refractivity contribution in [3.05, 3.63) is 52.1 Å². The fraction of sp³-hybridized carbons (Fsp3) is 0.143. The highest BCUT2D eigenvalue weighted by atomic mass is 19.1. The van der Waals surface area contributed by atoms with Crippen LogP contribution in [0.3, 0.4) is 0 Å². The van der Waals surface area contributed by atoms with E-state index in [-0.39, 0.29) is 23.3 Å². The van der Waals surface area contributed by atoms with Crippen molar-refractivity contribution in [2.24, 2.45) is 0 Å². The maximum Gasteiger partial charge on any atom is 0.329 e. The highest BCUT2D eigenvalue weighted by molar-refractivity contribution is 5.83. The van der Waals surface area contributed by atoms with Gasteiger partial charge in [-0.25, -0.2) is 9.37 Å². The molecule has 8 nitrogen and oxygen atoms in total. The number of halogens is 1. The molecule has 0 unspecified atom stereocenters. The molecule has 23 heavy (non-hydrogen) atoms. The quantitative estimate of drug-likeness (QED) is 0.490. The Bertz CT molecular complexity index is 879. The lowest BCUT2D eigenvalue weighted by molar-refractivity contribution is -0.384. The fourth-order valence-electron chi connectivity index (χ4n) is 2.29. The molecule has 2 aromatic heterocycles. The number of nitrogens with one attached hydrogen (secondary N) is 2. The Labute approximate surface area is 129 Å². The van der Waals surface area contributed by atoms with Gasteiger partial charge in [0.2, 0.25) is 11.8 Å². The topological polar surface area (TPSA) is 123 Å². The van der Waals surface area contributed by atoms with E-state index in [1.807, 2.05) is 6.20 Å². The number of nitro groups is 1. The van der Waals surface area contributed by atoms with Crippen LogP contribution in [0.5, 0.6) is 0 Å². The molecule has 0 fully saturated rings. The highest BCUT2D eigenvalue weighted by Gasteiger charge is 2.14. The summed E-state index contributed by atoms with van der Waals surface area (Å²) in [5.41, 5.74) is 6.93. The minimum atomic E-state index is -0.635. The lowest BCUT2D eigenvalue weighted by Gasteiger charge is -2.05. The number of anilines is 2. The molecule has 4 N–H and O–H groups in total. The van der Waals surface area contributed by atoms with Crippen LogP contribution in [0.25, 0.3) is 10.9 Å². The molecule has 0 atom stereocenters. The number of hydrogen-bond donors (Lipinski definition) is 3. The van der Waals surface area contributed by atoms with Gasteiger partial charge < -0.3 is 16.0 Å². The van der Waals surface area contributed by atoms with Crippen LogP contribution in [0.2, 0.25) is 0 Å². The Morgan fingerprint density at radius 1 is 1.43 bits per heavy atom. The van der Waals surface area contributed by atoms with E-state index in [4.69, 9.17) is 5.73 Å². The summed E-state index contributed by atoms with van der Waals surface area (Å²) in [7, 11) is 0. The number of nitrogens with two attached hydrogens (primary N) is 1. The van der Waals surface area contributed by atoms with Crippen LogP contribution in [-0.2, 0) is 6.42 Å². The van der Waals surface area contributed by atoms with E-state index in [9.17, 15) is 14.5 Å². The monoisotopic (exact) mass is 316 g/mol. The van der Waals surface area contributed by atoms with Gasteiger partial charge in [-0.2, -0.15) is 4.98 Å². The van der Waals surface area contributed by atoms with E-state index < -0.39 is 4.92 Å². The van der Waals surface area contributed by atoms with Gasteiger partial charge in [-0.1, -0.05) is 0 Å². The van der Waals surface area contributed by atoms with Gasteiger partial charge in [0.25, 0.3) is 0 Å². The third-order valence-electron chi connectivity index (χ3n) is 3.40. The van der Waals surface area contributed by atoms with Crippen molar-refractivity contribution in [3.8, 4) is 0 Å². The number of benzene rings is 1. The van der Waals surface area contributed by atoms with Crippen LogP contribution >= 0.6 is 0 Å². The smallest absolute Gasteiger partial charge is 0.329 e. The first-order valence-electron chi connectivity index (χ1n) is 6.81. The van der Waals surface area contributed by atoms with Crippen molar-refractivity contribution in [2.45, 2.75) is 6.42 Å². The molecule has 3 aromatic rings. The van der Waals surface area contributed by atoms with Crippen LogP contribution in [0.4, 0.5) is 21.8 Å². The molecule has 9 heteroatoms. The first-order chi connectivity index (χ1) is 11.0. The average Bonchev–Trinajstić information content (AvgIpc) is 2.89. The van der Waals surface area contributed by atoms with Crippen molar-refractivity contribution in [1.82, 2.24) is 15.0 Å². The van der Waals surface area contributed by atoms with Crippen molar-refractivity contribution in [3.63, 3.8) is 0 Å². The lowest BCUT2D eigenvalue weighted by atomic mass is 10.1. The van der Waals surface area contributed by atoms with E-state index in [0.29, 0.717) is 13.0 Å². The number of H-pyrrole nitrogens is 1. The van der Waals surface area contributed by atoms with E-state index in [1.165, 1.54) is 12.1 Å².